The SMILES string of the molecule is Cc1ccc(S(=O)(=O)N2CCC(c3nc(C(=O)NNC(=O)C4CN(C)CCN4C)cs3)CC2)cc1Cl. The minimum Gasteiger partial charge on any atom is -0.303 e. The number of hydrazine groups is 1. The number of amides is 2. The van der Waals surface area contributed by atoms with Gasteiger partial charge in [-0.2, -0.15) is 4.31 Å². The van der Waals surface area contributed by atoms with Crippen molar-refractivity contribution in [2.45, 2.75) is 36.6 Å². The van der Waals surface area contributed by atoms with Crippen LogP contribution in [0.2, 0.25) is 5.02 Å². The number of nitrogens with one attached hydrogen (secondary N) is 2. The molecular weight excluding hydrogens is 524 g/mol. The molecule has 0 bridgehead atoms. The summed E-state index contributed by atoms with van der Waals surface area (Å²) in [5.74, 6) is -0.684. The Morgan fingerprint density at radius 2 is 1.83 bits per heavy atom. The molecule has 4 rings (SSSR count). The number of rotatable bonds is 5. The Labute approximate surface area is 220 Å². The monoisotopic (exact) mass is 554 g/mol. The highest BCUT2D eigenvalue weighted by molar-refractivity contribution is 7.89. The van der Waals surface area contributed by atoms with Crippen molar-refractivity contribution in [3.63, 3.8) is 0 Å². The molecule has 2 aliphatic heterocycles. The van der Waals surface area contributed by atoms with Crippen LogP contribution in [0, 0.1) is 6.92 Å². The molecular formula is C23H31ClN6O4S2. The molecule has 1 atom stereocenters. The number of piperazine rings is 1. The Hall–Kier alpha value is -2.09. The molecule has 0 radical (unpaired) electrons. The van der Waals surface area contributed by atoms with E-state index in [1.165, 1.54) is 21.7 Å². The van der Waals surface area contributed by atoms with Gasteiger partial charge in [0.1, 0.15) is 11.7 Å². The summed E-state index contributed by atoms with van der Waals surface area (Å²) < 4.78 is 27.5. The third-order valence-electron chi connectivity index (χ3n) is 6.79. The number of sulfonamides is 1. The molecule has 1 aromatic heterocycles. The van der Waals surface area contributed by atoms with Gasteiger partial charge in [0.15, 0.2) is 0 Å². The predicted molar refractivity (Wildman–Crippen MR) is 139 cm³/mol. The average molecular weight is 555 g/mol. The number of likely N-dealkylation sites (N-methyl/N-ethyl adjacent to an activating group) is 2. The third-order valence-corrected chi connectivity index (χ3v) is 10.1. The summed E-state index contributed by atoms with van der Waals surface area (Å²) in [7, 11) is 0.220. The first kappa shape index (κ1) is 27.0. The van der Waals surface area contributed by atoms with Crippen molar-refractivity contribution < 1.29 is 18.0 Å². The lowest BCUT2D eigenvalue weighted by Gasteiger charge is -2.36. The van der Waals surface area contributed by atoms with Gasteiger partial charge in [-0.05, 0) is 51.6 Å². The first-order valence-electron chi connectivity index (χ1n) is 11.8. The van der Waals surface area contributed by atoms with Gasteiger partial charge in [0, 0.05) is 49.0 Å². The first-order valence-corrected chi connectivity index (χ1v) is 14.5. The van der Waals surface area contributed by atoms with Crippen LogP contribution >= 0.6 is 22.9 Å². The maximum atomic E-state index is 13.0. The maximum absolute atomic E-state index is 13.0. The molecule has 0 spiro atoms. The van der Waals surface area contributed by atoms with E-state index in [0.717, 1.165) is 23.7 Å². The molecule has 196 valence electrons. The van der Waals surface area contributed by atoms with Crippen molar-refractivity contribution in [3.05, 3.63) is 44.9 Å². The van der Waals surface area contributed by atoms with Crippen molar-refractivity contribution in [2.75, 3.05) is 46.8 Å². The van der Waals surface area contributed by atoms with Crippen LogP contribution in [0.15, 0.2) is 28.5 Å². The molecule has 0 saturated carbocycles. The fourth-order valence-corrected chi connectivity index (χ4v) is 7.08. The molecule has 13 heteroatoms. The van der Waals surface area contributed by atoms with Crippen LogP contribution in [0.1, 0.15) is 39.8 Å². The molecule has 0 aliphatic carbocycles. The lowest BCUT2D eigenvalue weighted by atomic mass is 9.99. The van der Waals surface area contributed by atoms with Gasteiger partial charge < -0.3 is 4.90 Å². The summed E-state index contributed by atoms with van der Waals surface area (Å²) in [5.41, 5.74) is 6.03. The van der Waals surface area contributed by atoms with Gasteiger partial charge in [-0.1, -0.05) is 17.7 Å². The fourth-order valence-electron chi connectivity index (χ4n) is 4.36. The summed E-state index contributed by atoms with van der Waals surface area (Å²) in [6, 6.07) is 4.44. The zero-order chi connectivity index (χ0) is 26.0. The van der Waals surface area contributed by atoms with Crippen LogP contribution in [0.3, 0.4) is 0 Å². The van der Waals surface area contributed by atoms with Crippen LogP contribution in [-0.4, -0.2) is 92.2 Å². The number of piperidine rings is 1. The number of thiazole rings is 1. The molecule has 36 heavy (non-hydrogen) atoms. The summed E-state index contributed by atoms with van der Waals surface area (Å²) >= 11 is 7.50. The van der Waals surface area contributed by atoms with Crippen molar-refractivity contribution in [3.8, 4) is 0 Å². The second-order valence-corrected chi connectivity index (χ2v) is 12.6. The van der Waals surface area contributed by atoms with Gasteiger partial charge >= 0.3 is 0 Å². The van der Waals surface area contributed by atoms with E-state index in [9.17, 15) is 18.0 Å². The van der Waals surface area contributed by atoms with E-state index in [-0.39, 0.29) is 28.5 Å². The van der Waals surface area contributed by atoms with E-state index in [0.29, 0.717) is 37.5 Å². The number of benzene rings is 1. The minimum absolute atomic E-state index is 0.0608. The number of carbonyl (C=O) groups excluding carboxylic acids is 2. The molecule has 2 N–H and O–H groups in total. The largest absolute Gasteiger partial charge is 0.303 e. The van der Waals surface area contributed by atoms with E-state index >= 15 is 0 Å². The van der Waals surface area contributed by atoms with Gasteiger partial charge in [0.25, 0.3) is 11.8 Å². The number of aryl methyl sites for hydroxylation is 1. The predicted octanol–water partition coefficient (Wildman–Crippen LogP) is 1.68. The molecule has 2 aliphatic rings. The van der Waals surface area contributed by atoms with Crippen LogP contribution in [0.25, 0.3) is 0 Å². The van der Waals surface area contributed by atoms with Crippen molar-refractivity contribution in [1.82, 2.24) is 29.9 Å². The number of halogens is 1. The lowest BCUT2D eigenvalue weighted by molar-refractivity contribution is -0.128. The molecule has 2 aromatic rings. The highest BCUT2D eigenvalue weighted by Crippen LogP contribution is 2.33. The van der Waals surface area contributed by atoms with Crippen LogP contribution in [-0.2, 0) is 14.8 Å². The highest BCUT2D eigenvalue weighted by Gasteiger charge is 2.32. The maximum Gasteiger partial charge on any atom is 0.289 e. The molecule has 3 heterocycles. The molecule has 2 saturated heterocycles. The standard InChI is InChI=1S/C23H31ClN6O4S2/c1-15-4-5-17(12-18(15)24)36(33,34)30-8-6-16(7-9-30)23-25-19(14-35-23)21(31)26-27-22(32)20-13-28(2)10-11-29(20)3/h4-5,12,14,16,20H,6-11,13H2,1-3H3,(H,26,31)(H,27,32). The van der Waals surface area contributed by atoms with E-state index in [1.807, 2.05) is 25.9 Å². The molecule has 2 amide bonds. The Morgan fingerprint density at radius 3 is 2.53 bits per heavy atom. The third kappa shape index (κ3) is 5.90. The molecule has 1 unspecified atom stereocenters. The number of carbonyl (C=O) groups is 2. The molecule has 10 nitrogen and oxygen atoms in total. The minimum atomic E-state index is -3.63. The van der Waals surface area contributed by atoms with E-state index in [4.69, 9.17) is 11.6 Å². The van der Waals surface area contributed by atoms with E-state index < -0.39 is 15.9 Å². The van der Waals surface area contributed by atoms with Gasteiger partial charge in [-0.25, -0.2) is 13.4 Å². The number of aromatic nitrogens is 1. The van der Waals surface area contributed by atoms with Crippen molar-refractivity contribution in [1.29, 1.82) is 0 Å². The topological polar surface area (TPSA) is 115 Å². The first-order chi connectivity index (χ1) is 17.1. The van der Waals surface area contributed by atoms with Gasteiger partial charge in [-0.3, -0.25) is 25.3 Å². The van der Waals surface area contributed by atoms with Crippen molar-refractivity contribution >= 4 is 44.8 Å². The number of nitrogens with zero attached hydrogens (tertiary/aromatic N) is 4. The average Bonchev–Trinajstić information content (AvgIpc) is 3.36. The summed E-state index contributed by atoms with van der Waals surface area (Å²) in [6.07, 6.45) is 1.21. The van der Waals surface area contributed by atoms with Crippen LogP contribution < -0.4 is 10.9 Å². The lowest BCUT2D eigenvalue weighted by Crippen LogP contribution is -2.59. The van der Waals surface area contributed by atoms with Crippen molar-refractivity contribution in [2.24, 2.45) is 0 Å². The van der Waals surface area contributed by atoms with E-state index in [2.05, 4.69) is 20.7 Å². The quantitative estimate of drug-likeness (QED) is 0.540. The van der Waals surface area contributed by atoms with Gasteiger partial charge in [0.05, 0.1) is 9.90 Å². The second-order valence-electron chi connectivity index (χ2n) is 9.36. The van der Waals surface area contributed by atoms with Crippen LogP contribution in [0.5, 0.6) is 0 Å². The Bertz CT molecular complexity index is 1230. The fraction of sp³-hybridized carbons (Fsp3) is 0.522. The number of hydrogen-bond donors (Lipinski definition) is 2. The summed E-state index contributed by atoms with van der Waals surface area (Å²) in [6.45, 7) is 4.80. The zero-order valence-electron chi connectivity index (χ0n) is 20.5. The Morgan fingerprint density at radius 1 is 1.11 bits per heavy atom. The van der Waals surface area contributed by atoms with Crippen LogP contribution in [0.4, 0.5) is 0 Å². The Balaban J connectivity index is 1.31. The summed E-state index contributed by atoms with van der Waals surface area (Å²) in [4.78, 5) is 33.8. The molecule has 2 fully saturated rings. The summed E-state index contributed by atoms with van der Waals surface area (Å²) in [5, 5.41) is 2.87. The van der Waals surface area contributed by atoms with Gasteiger partial charge in [0.2, 0.25) is 10.0 Å². The second kappa shape index (κ2) is 11.1. The Kier molecular flexibility index (Phi) is 8.32. The number of hydrogen-bond acceptors (Lipinski definition) is 8. The van der Waals surface area contributed by atoms with Gasteiger partial charge in [-0.15, -0.1) is 11.3 Å². The normalized spacial score (nSPS) is 20.8. The smallest absolute Gasteiger partial charge is 0.289 e. The van der Waals surface area contributed by atoms with E-state index in [1.54, 1.807) is 17.5 Å². The highest BCUT2D eigenvalue weighted by atomic mass is 35.5. The molecule has 1 aromatic carbocycles. The zero-order valence-corrected chi connectivity index (χ0v) is 22.9.